The lowest BCUT2D eigenvalue weighted by atomic mass is 10.2. The minimum absolute atomic E-state index is 0.208. The summed E-state index contributed by atoms with van der Waals surface area (Å²) in [7, 11) is 3.71. The average molecular weight is 187 g/mol. The van der Waals surface area contributed by atoms with Gasteiger partial charge in [0.2, 0.25) is 0 Å². The zero-order valence-corrected chi connectivity index (χ0v) is 8.88. The van der Waals surface area contributed by atoms with E-state index in [9.17, 15) is 0 Å². The van der Waals surface area contributed by atoms with Gasteiger partial charge in [0.15, 0.2) is 0 Å². The fourth-order valence-corrected chi connectivity index (χ4v) is 1.50. The Morgan fingerprint density at radius 2 is 2.08 bits per heavy atom. The van der Waals surface area contributed by atoms with Gasteiger partial charge in [-0.1, -0.05) is 0 Å². The molecule has 0 bridgehead atoms. The molecule has 0 aliphatic heterocycles. The summed E-state index contributed by atoms with van der Waals surface area (Å²) in [5, 5.41) is 3.30. The van der Waals surface area contributed by atoms with Crippen LogP contribution in [0.15, 0.2) is 0 Å². The molecule has 2 atom stereocenters. The van der Waals surface area contributed by atoms with E-state index in [-0.39, 0.29) is 6.10 Å². The van der Waals surface area contributed by atoms with Gasteiger partial charge in [-0.05, 0) is 32.7 Å². The van der Waals surface area contributed by atoms with Crippen molar-refractivity contribution in [2.24, 2.45) is 5.92 Å². The molecule has 0 spiro atoms. The van der Waals surface area contributed by atoms with Crippen LogP contribution in [0.3, 0.4) is 0 Å². The van der Waals surface area contributed by atoms with Crippen LogP contribution in [-0.4, -0.2) is 39.5 Å². The molecule has 0 amide bonds. The van der Waals surface area contributed by atoms with Crippen molar-refractivity contribution < 1.29 is 9.47 Å². The van der Waals surface area contributed by atoms with E-state index in [0.29, 0.717) is 12.6 Å². The number of rotatable bonds is 7. The van der Waals surface area contributed by atoms with Crippen molar-refractivity contribution in [1.29, 1.82) is 0 Å². The number of ether oxygens (including phenoxy) is 2. The van der Waals surface area contributed by atoms with E-state index in [1.165, 1.54) is 12.8 Å². The molecule has 0 aromatic carbocycles. The molecular formula is C10H21NO2. The van der Waals surface area contributed by atoms with Gasteiger partial charge in [0.05, 0.1) is 19.3 Å². The quantitative estimate of drug-likeness (QED) is 0.646. The van der Waals surface area contributed by atoms with Crippen LogP contribution in [0.25, 0.3) is 0 Å². The van der Waals surface area contributed by atoms with E-state index >= 15 is 0 Å². The average Bonchev–Trinajstić information content (AvgIpc) is 2.90. The molecule has 2 unspecified atom stereocenters. The highest BCUT2D eigenvalue weighted by Gasteiger charge is 2.30. The third kappa shape index (κ3) is 4.07. The first-order chi connectivity index (χ1) is 6.27. The summed E-state index contributed by atoms with van der Waals surface area (Å²) in [4.78, 5) is 0. The van der Waals surface area contributed by atoms with Crippen LogP contribution in [-0.2, 0) is 9.47 Å². The molecule has 1 fully saturated rings. The highest BCUT2D eigenvalue weighted by atomic mass is 16.5. The molecule has 13 heavy (non-hydrogen) atoms. The molecular weight excluding hydrogens is 166 g/mol. The van der Waals surface area contributed by atoms with E-state index < -0.39 is 0 Å². The van der Waals surface area contributed by atoms with Gasteiger partial charge >= 0.3 is 0 Å². The van der Waals surface area contributed by atoms with Crippen molar-refractivity contribution >= 4 is 0 Å². The van der Waals surface area contributed by atoms with Gasteiger partial charge in [-0.3, -0.25) is 0 Å². The first-order valence-corrected chi connectivity index (χ1v) is 5.05. The molecule has 3 nitrogen and oxygen atoms in total. The molecule has 1 N–H and O–H groups in total. The van der Waals surface area contributed by atoms with Crippen molar-refractivity contribution in [3.63, 3.8) is 0 Å². The van der Waals surface area contributed by atoms with Gasteiger partial charge in [-0.25, -0.2) is 0 Å². The normalized spacial score (nSPS) is 21.5. The third-order valence-corrected chi connectivity index (χ3v) is 2.52. The van der Waals surface area contributed by atoms with Gasteiger partial charge in [0, 0.05) is 13.2 Å². The van der Waals surface area contributed by atoms with Crippen molar-refractivity contribution in [3.05, 3.63) is 0 Å². The maximum Gasteiger partial charge on any atom is 0.0781 e. The first-order valence-electron chi connectivity index (χ1n) is 5.05. The zero-order valence-electron chi connectivity index (χ0n) is 8.88. The molecule has 1 aliphatic rings. The largest absolute Gasteiger partial charge is 0.382 e. The minimum atomic E-state index is 0.208. The molecule has 3 heteroatoms. The second-order valence-corrected chi connectivity index (χ2v) is 3.83. The zero-order chi connectivity index (χ0) is 9.68. The van der Waals surface area contributed by atoms with Crippen molar-refractivity contribution in [2.45, 2.75) is 31.9 Å². The van der Waals surface area contributed by atoms with E-state index in [0.717, 1.165) is 12.5 Å². The predicted molar refractivity (Wildman–Crippen MR) is 52.9 cm³/mol. The summed E-state index contributed by atoms with van der Waals surface area (Å²) < 4.78 is 10.6. The first kappa shape index (κ1) is 11.0. The smallest absolute Gasteiger partial charge is 0.0781 e. The monoisotopic (exact) mass is 187 g/mol. The maximum absolute atomic E-state index is 5.65. The fraction of sp³-hybridized carbons (Fsp3) is 1.00. The third-order valence-electron chi connectivity index (χ3n) is 2.52. The Kier molecular flexibility index (Phi) is 4.70. The summed E-state index contributed by atoms with van der Waals surface area (Å²) in [5.74, 6) is 0.847. The molecule has 0 radical (unpaired) electrons. The van der Waals surface area contributed by atoms with Crippen LogP contribution in [0.2, 0.25) is 0 Å². The standard InChI is InChI=1S/C10H21NO2/c1-8(6-12-3)13-7-10(11-2)9-4-5-9/h8-11H,4-7H2,1-3H3. The Balaban J connectivity index is 2.07. The second-order valence-electron chi connectivity index (χ2n) is 3.83. The number of nitrogens with one attached hydrogen (secondary N) is 1. The van der Waals surface area contributed by atoms with Crippen molar-refractivity contribution in [1.82, 2.24) is 5.32 Å². The molecule has 0 aromatic heterocycles. The van der Waals surface area contributed by atoms with Gasteiger partial charge in [-0.2, -0.15) is 0 Å². The van der Waals surface area contributed by atoms with Crippen LogP contribution in [0, 0.1) is 5.92 Å². The van der Waals surface area contributed by atoms with Crippen LogP contribution in [0.1, 0.15) is 19.8 Å². The van der Waals surface area contributed by atoms with Gasteiger partial charge < -0.3 is 14.8 Å². The number of hydrogen-bond acceptors (Lipinski definition) is 3. The lowest BCUT2D eigenvalue weighted by molar-refractivity contribution is -0.00177. The highest BCUT2D eigenvalue weighted by Crippen LogP contribution is 2.32. The Morgan fingerprint density at radius 3 is 2.54 bits per heavy atom. The van der Waals surface area contributed by atoms with Gasteiger partial charge in [0.25, 0.3) is 0 Å². The molecule has 78 valence electrons. The molecule has 1 saturated carbocycles. The molecule has 0 saturated heterocycles. The number of hydrogen-bond donors (Lipinski definition) is 1. The van der Waals surface area contributed by atoms with Crippen LogP contribution < -0.4 is 5.32 Å². The minimum Gasteiger partial charge on any atom is -0.382 e. The fourth-order valence-electron chi connectivity index (χ4n) is 1.50. The van der Waals surface area contributed by atoms with Crippen molar-refractivity contribution in [3.8, 4) is 0 Å². The summed E-state index contributed by atoms with van der Waals surface area (Å²) in [6, 6.07) is 0.541. The molecule has 1 rings (SSSR count). The van der Waals surface area contributed by atoms with Gasteiger partial charge in [-0.15, -0.1) is 0 Å². The summed E-state index contributed by atoms with van der Waals surface area (Å²) >= 11 is 0. The maximum atomic E-state index is 5.65. The van der Waals surface area contributed by atoms with Crippen molar-refractivity contribution in [2.75, 3.05) is 27.4 Å². The second kappa shape index (κ2) is 5.58. The van der Waals surface area contributed by atoms with Crippen LogP contribution >= 0.6 is 0 Å². The Bertz CT molecular complexity index is 137. The van der Waals surface area contributed by atoms with Gasteiger partial charge in [0.1, 0.15) is 0 Å². The Labute approximate surface area is 80.8 Å². The van der Waals surface area contributed by atoms with E-state index in [4.69, 9.17) is 9.47 Å². The number of likely N-dealkylation sites (N-methyl/N-ethyl adjacent to an activating group) is 1. The summed E-state index contributed by atoms with van der Waals surface area (Å²) in [6.45, 7) is 3.54. The molecule has 1 aliphatic carbocycles. The highest BCUT2D eigenvalue weighted by molar-refractivity contribution is 4.85. The Morgan fingerprint density at radius 1 is 1.38 bits per heavy atom. The summed E-state index contributed by atoms with van der Waals surface area (Å²) in [6.07, 6.45) is 2.92. The SMILES string of the molecule is CNC(COC(C)COC)C1CC1. The number of methoxy groups -OCH3 is 1. The van der Waals surface area contributed by atoms with E-state index in [1.54, 1.807) is 7.11 Å². The lowest BCUT2D eigenvalue weighted by Crippen LogP contribution is -2.34. The summed E-state index contributed by atoms with van der Waals surface area (Å²) in [5.41, 5.74) is 0. The van der Waals surface area contributed by atoms with E-state index in [2.05, 4.69) is 5.32 Å². The predicted octanol–water partition coefficient (Wildman–Crippen LogP) is 1.04. The van der Waals surface area contributed by atoms with E-state index in [1.807, 2.05) is 14.0 Å². The topological polar surface area (TPSA) is 30.5 Å². The Hall–Kier alpha value is -0.120. The van der Waals surface area contributed by atoms with Crippen LogP contribution in [0.4, 0.5) is 0 Å². The van der Waals surface area contributed by atoms with Crippen LogP contribution in [0.5, 0.6) is 0 Å². The molecule has 0 heterocycles. The molecule has 0 aromatic rings. The lowest BCUT2D eigenvalue weighted by Gasteiger charge is -2.18.